The van der Waals surface area contributed by atoms with E-state index in [1.807, 2.05) is 18.3 Å². The monoisotopic (exact) mass is 186 g/mol. The normalized spacial score (nSPS) is 13.0. The predicted octanol–water partition coefficient (Wildman–Crippen LogP) is 2.64. The molecule has 0 radical (unpaired) electrons. The van der Waals surface area contributed by atoms with Gasteiger partial charge in [0.25, 0.3) is 0 Å². The molecule has 1 atom stereocenters. The standard InChI is InChI=1S/C12H14N2/c1-2-11(13)12-7-9-5-3-4-6-10(9)8-14-12/h3-8,11H,2,13H2,1H3/t11-/m1/s1. The van der Waals surface area contributed by atoms with Gasteiger partial charge in [0.15, 0.2) is 0 Å². The smallest absolute Gasteiger partial charge is 0.0577 e. The molecule has 0 aliphatic rings. The van der Waals surface area contributed by atoms with E-state index in [9.17, 15) is 0 Å². The van der Waals surface area contributed by atoms with Crippen LogP contribution in [-0.4, -0.2) is 4.98 Å². The predicted molar refractivity (Wildman–Crippen MR) is 59.0 cm³/mol. The average Bonchev–Trinajstić information content (AvgIpc) is 2.27. The molecule has 1 heterocycles. The summed E-state index contributed by atoms with van der Waals surface area (Å²) in [7, 11) is 0. The Morgan fingerprint density at radius 2 is 2.00 bits per heavy atom. The number of nitrogens with two attached hydrogens (primary N) is 1. The first kappa shape index (κ1) is 9.16. The first-order valence-electron chi connectivity index (χ1n) is 4.91. The number of fused-ring (bicyclic) bond motifs is 1. The molecule has 0 spiro atoms. The summed E-state index contributed by atoms with van der Waals surface area (Å²) < 4.78 is 0. The molecule has 0 fully saturated rings. The molecule has 0 aliphatic carbocycles. The van der Waals surface area contributed by atoms with E-state index in [0.29, 0.717) is 0 Å². The quantitative estimate of drug-likeness (QED) is 0.783. The second-order valence-corrected chi connectivity index (χ2v) is 3.47. The molecular weight excluding hydrogens is 172 g/mol. The van der Waals surface area contributed by atoms with Crippen molar-refractivity contribution in [2.24, 2.45) is 5.73 Å². The minimum Gasteiger partial charge on any atom is -0.323 e. The van der Waals surface area contributed by atoms with Crippen LogP contribution in [0.3, 0.4) is 0 Å². The molecule has 72 valence electrons. The largest absolute Gasteiger partial charge is 0.323 e. The highest BCUT2D eigenvalue weighted by Crippen LogP contribution is 2.17. The lowest BCUT2D eigenvalue weighted by Crippen LogP contribution is -2.10. The van der Waals surface area contributed by atoms with Crippen molar-refractivity contribution in [1.82, 2.24) is 4.98 Å². The number of rotatable bonds is 2. The molecule has 2 rings (SSSR count). The molecule has 2 heteroatoms. The Bertz CT molecular complexity index is 437. The van der Waals surface area contributed by atoms with Crippen LogP contribution in [0.4, 0.5) is 0 Å². The topological polar surface area (TPSA) is 38.9 Å². The highest BCUT2D eigenvalue weighted by molar-refractivity contribution is 5.81. The van der Waals surface area contributed by atoms with E-state index in [1.165, 1.54) is 10.8 Å². The first-order chi connectivity index (χ1) is 6.81. The first-order valence-corrected chi connectivity index (χ1v) is 4.91. The van der Waals surface area contributed by atoms with Gasteiger partial charge in [0, 0.05) is 17.6 Å². The van der Waals surface area contributed by atoms with Crippen LogP contribution in [0.1, 0.15) is 25.1 Å². The third kappa shape index (κ3) is 1.61. The fourth-order valence-electron chi connectivity index (χ4n) is 1.51. The molecular formula is C12H14N2. The lowest BCUT2D eigenvalue weighted by atomic mass is 10.1. The van der Waals surface area contributed by atoms with Crippen molar-refractivity contribution in [2.75, 3.05) is 0 Å². The molecule has 2 N–H and O–H groups in total. The molecule has 0 aliphatic heterocycles. The van der Waals surface area contributed by atoms with Crippen LogP contribution in [-0.2, 0) is 0 Å². The van der Waals surface area contributed by atoms with Gasteiger partial charge < -0.3 is 5.73 Å². The Kier molecular flexibility index (Phi) is 2.46. The number of pyridine rings is 1. The van der Waals surface area contributed by atoms with Gasteiger partial charge in [0.05, 0.1) is 5.69 Å². The molecule has 0 amide bonds. The molecule has 14 heavy (non-hydrogen) atoms. The fourth-order valence-corrected chi connectivity index (χ4v) is 1.51. The number of hydrogen-bond donors (Lipinski definition) is 1. The second kappa shape index (κ2) is 3.76. The van der Waals surface area contributed by atoms with Crippen LogP contribution in [0, 0.1) is 0 Å². The number of hydrogen-bond acceptors (Lipinski definition) is 2. The highest BCUT2D eigenvalue weighted by atomic mass is 14.8. The van der Waals surface area contributed by atoms with Crippen molar-refractivity contribution in [3.8, 4) is 0 Å². The van der Waals surface area contributed by atoms with E-state index < -0.39 is 0 Å². The van der Waals surface area contributed by atoms with Crippen molar-refractivity contribution in [2.45, 2.75) is 19.4 Å². The molecule has 0 saturated heterocycles. The van der Waals surface area contributed by atoms with Crippen molar-refractivity contribution < 1.29 is 0 Å². The lowest BCUT2D eigenvalue weighted by molar-refractivity contribution is 0.677. The van der Waals surface area contributed by atoms with Gasteiger partial charge in [0.2, 0.25) is 0 Å². The van der Waals surface area contributed by atoms with Gasteiger partial charge in [-0.05, 0) is 17.9 Å². The minimum absolute atomic E-state index is 0.0552. The van der Waals surface area contributed by atoms with Crippen LogP contribution in [0.5, 0.6) is 0 Å². The second-order valence-electron chi connectivity index (χ2n) is 3.47. The third-order valence-corrected chi connectivity index (χ3v) is 2.47. The Hall–Kier alpha value is -1.41. The average molecular weight is 186 g/mol. The molecule has 0 unspecified atom stereocenters. The summed E-state index contributed by atoms with van der Waals surface area (Å²) >= 11 is 0. The van der Waals surface area contributed by atoms with Crippen molar-refractivity contribution in [3.05, 3.63) is 42.2 Å². The minimum atomic E-state index is 0.0552. The summed E-state index contributed by atoms with van der Waals surface area (Å²) in [4.78, 5) is 4.35. The summed E-state index contributed by atoms with van der Waals surface area (Å²) in [5, 5.41) is 2.38. The van der Waals surface area contributed by atoms with Crippen LogP contribution in [0.25, 0.3) is 10.8 Å². The summed E-state index contributed by atoms with van der Waals surface area (Å²) in [5.41, 5.74) is 6.90. The molecule has 1 aromatic heterocycles. The van der Waals surface area contributed by atoms with Crippen LogP contribution < -0.4 is 5.73 Å². The van der Waals surface area contributed by atoms with E-state index >= 15 is 0 Å². The molecule has 0 saturated carbocycles. The zero-order valence-corrected chi connectivity index (χ0v) is 8.27. The zero-order valence-electron chi connectivity index (χ0n) is 8.27. The Morgan fingerprint density at radius 1 is 1.29 bits per heavy atom. The number of benzene rings is 1. The van der Waals surface area contributed by atoms with Crippen LogP contribution in [0.15, 0.2) is 36.5 Å². The van der Waals surface area contributed by atoms with E-state index in [0.717, 1.165) is 12.1 Å². The summed E-state index contributed by atoms with van der Waals surface area (Å²) in [6.45, 7) is 2.07. The summed E-state index contributed by atoms with van der Waals surface area (Å²) in [5.74, 6) is 0. The van der Waals surface area contributed by atoms with E-state index in [2.05, 4.69) is 30.1 Å². The third-order valence-electron chi connectivity index (χ3n) is 2.47. The maximum Gasteiger partial charge on any atom is 0.0577 e. The lowest BCUT2D eigenvalue weighted by Gasteiger charge is -2.08. The van der Waals surface area contributed by atoms with Gasteiger partial charge in [0.1, 0.15) is 0 Å². The molecule has 2 nitrogen and oxygen atoms in total. The van der Waals surface area contributed by atoms with Gasteiger partial charge in [-0.15, -0.1) is 0 Å². The maximum atomic E-state index is 5.92. The van der Waals surface area contributed by atoms with Crippen molar-refractivity contribution in [3.63, 3.8) is 0 Å². The van der Waals surface area contributed by atoms with Gasteiger partial charge in [-0.3, -0.25) is 4.98 Å². The van der Waals surface area contributed by atoms with E-state index in [-0.39, 0.29) is 6.04 Å². The molecule has 0 bridgehead atoms. The Labute approximate surface area is 83.8 Å². The van der Waals surface area contributed by atoms with Crippen molar-refractivity contribution >= 4 is 10.8 Å². The molecule has 2 aromatic rings. The van der Waals surface area contributed by atoms with Crippen LogP contribution in [0.2, 0.25) is 0 Å². The van der Waals surface area contributed by atoms with E-state index in [4.69, 9.17) is 5.73 Å². The van der Waals surface area contributed by atoms with Gasteiger partial charge in [-0.2, -0.15) is 0 Å². The summed E-state index contributed by atoms with van der Waals surface area (Å²) in [6, 6.07) is 10.3. The van der Waals surface area contributed by atoms with Gasteiger partial charge in [-0.25, -0.2) is 0 Å². The maximum absolute atomic E-state index is 5.92. The highest BCUT2D eigenvalue weighted by Gasteiger charge is 2.04. The Morgan fingerprint density at radius 3 is 2.71 bits per heavy atom. The Balaban J connectivity index is 2.51. The molecule has 1 aromatic carbocycles. The van der Waals surface area contributed by atoms with Crippen LogP contribution >= 0.6 is 0 Å². The zero-order chi connectivity index (χ0) is 9.97. The SMILES string of the molecule is CC[C@@H](N)c1cc2ccccc2cn1. The van der Waals surface area contributed by atoms with Crippen molar-refractivity contribution in [1.29, 1.82) is 0 Å². The van der Waals surface area contributed by atoms with E-state index in [1.54, 1.807) is 0 Å². The fraction of sp³-hybridized carbons (Fsp3) is 0.250. The van der Waals surface area contributed by atoms with Gasteiger partial charge in [-0.1, -0.05) is 31.2 Å². The summed E-state index contributed by atoms with van der Waals surface area (Å²) in [6.07, 6.45) is 2.81. The number of nitrogens with zero attached hydrogens (tertiary/aromatic N) is 1. The van der Waals surface area contributed by atoms with Gasteiger partial charge >= 0.3 is 0 Å². The number of aromatic nitrogens is 1.